The number of H-pyrrole nitrogens is 1. The van der Waals surface area contributed by atoms with E-state index in [9.17, 15) is 40.3 Å². The highest BCUT2D eigenvalue weighted by Gasteiger charge is 2.41. The van der Waals surface area contributed by atoms with Gasteiger partial charge < -0.3 is 25.5 Å². The first-order valence-electron chi connectivity index (χ1n) is 13.6. The van der Waals surface area contributed by atoms with Crippen molar-refractivity contribution in [2.24, 2.45) is 5.73 Å². The number of piperazine rings is 1. The molecule has 5 rings (SSSR count). The zero-order valence-electron chi connectivity index (χ0n) is 23.8. The Balaban J connectivity index is 0.000000297. The number of carboxylic acid groups (broad SMARTS) is 1. The number of benzene rings is 3. The van der Waals surface area contributed by atoms with Gasteiger partial charge in [-0.2, -0.15) is 4.31 Å². The van der Waals surface area contributed by atoms with Gasteiger partial charge in [-0.25, -0.2) is 22.2 Å². The molecule has 16 heteroatoms. The highest BCUT2D eigenvalue weighted by Crippen LogP contribution is 2.31. The van der Waals surface area contributed by atoms with Crippen LogP contribution in [0.3, 0.4) is 0 Å². The standard InChI is InChI=1S/C19H17F3N4O5S.C10H13F2N/c20-19(21,22)31-12-5-7-13(8-6-12)32(29,30)26-10-9-25(11-16(26)17(27)28)18-23-14-3-1-2-4-15(14)24-18;1-2-10(11,12)9-5-3-8(7-13)4-6-9/h1-8,16H,9-11H2,(H,23,24)(H,27,28);3-6H,2,7,13H2,1H3/t16-;/m1./s1. The monoisotopic (exact) mass is 655 g/mol. The molecule has 0 unspecified atom stereocenters. The van der Waals surface area contributed by atoms with Gasteiger partial charge >= 0.3 is 12.3 Å². The SMILES string of the molecule is CCC(F)(F)c1ccc(CN)cc1.O=C(O)[C@H]1CN(c2nc3ccccc3[nH]2)CCN1S(=O)(=O)c1ccc(OC(F)(F)F)cc1. The summed E-state index contributed by atoms with van der Waals surface area (Å²) < 4.78 is 93.8. The van der Waals surface area contributed by atoms with E-state index in [2.05, 4.69) is 14.7 Å². The van der Waals surface area contributed by atoms with Gasteiger partial charge in [-0.05, 0) is 42.0 Å². The van der Waals surface area contributed by atoms with Gasteiger partial charge in [0.05, 0.1) is 15.9 Å². The van der Waals surface area contributed by atoms with E-state index < -0.39 is 40.1 Å². The minimum atomic E-state index is -4.91. The largest absolute Gasteiger partial charge is 0.573 e. The fraction of sp³-hybridized carbons (Fsp3) is 0.310. The maximum absolute atomic E-state index is 13.1. The molecule has 4 N–H and O–H groups in total. The topological polar surface area (TPSA) is 142 Å². The number of hydrogen-bond acceptors (Lipinski definition) is 7. The summed E-state index contributed by atoms with van der Waals surface area (Å²) in [6.45, 7) is 1.70. The number of carbonyl (C=O) groups is 1. The van der Waals surface area contributed by atoms with Gasteiger partial charge in [0.2, 0.25) is 16.0 Å². The molecule has 2 heterocycles. The highest BCUT2D eigenvalue weighted by molar-refractivity contribution is 7.89. The third-order valence-electron chi connectivity index (χ3n) is 7.01. The fourth-order valence-corrected chi connectivity index (χ4v) is 6.14. The molecule has 0 aliphatic carbocycles. The van der Waals surface area contributed by atoms with E-state index in [0.717, 1.165) is 39.7 Å². The number of nitrogens with one attached hydrogen (secondary N) is 1. The zero-order chi connectivity index (χ0) is 33.0. The third kappa shape index (κ3) is 8.06. The lowest BCUT2D eigenvalue weighted by Crippen LogP contribution is -2.58. The van der Waals surface area contributed by atoms with E-state index in [1.165, 1.54) is 19.1 Å². The van der Waals surface area contributed by atoms with Gasteiger partial charge in [0.1, 0.15) is 11.8 Å². The molecule has 1 atom stereocenters. The van der Waals surface area contributed by atoms with Gasteiger partial charge in [0.25, 0.3) is 5.92 Å². The summed E-state index contributed by atoms with van der Waals surface area (Å²) >= 11 is 0. The number of carboxylic acids is 1. The zero-order valence-corrected chi connectivity index (χ0v) is 24.7. The van der Waals surface area contributed by atoms with E-state index in [4.69, 9.17) is 5.73 Å². The smallest absolute Gasteiger partial charge is 0.480 e. The summed E-state index contributed by atoms with van der Waals surface area (Å²) in [5.74, 6) is -4.23. The molecule has 1 fully saturated rings. The average molecular weight is 656 g/mol. The van der Waals surface area contributed by atoms with Gasteiger partial charge in [-0.15, -0.1) is 13.2 Å². The number of anilines is 1. The maximum Gasteiger partial charge on any atom is 0.573 e. The second-order valence-corrected chi connectivity index (χ2v) is 11.9. The Kier molecular flexibility index (Phi) is 9.99. The lowest BCUT2D eigenvalue weighted by atomic mass is 10.0. The van der Waals surface area contributed by atoms with E-state index in [1.807, 2.05) is 18.2 Å². The molecule has 1 saturated heterocycles. The highest BCUT2D eigenvalue weighted by atomic mass is 32.2. The number of sulfonamides is 1. The molecule has 1 aliphatic rings. The molecule has 0 saturated carbocycles. The van der Waals surface area contributed by atoms with Gasteiger partial charge in [-0.3, -0.25) is 4.79 Å². The van der Waals surface area contributed by atoms with Crippen molar-refractivity contribution < 1.29 is 45.0 Å². The van der Waals surface area contributed by atoms with Crippen molar-refractivity contribution in [2.45, 2.75) is 43.1 Å². The Morgan fingerprint density at radius 3 is 2.22 bits per heavy atom. The third-order valence-corrected chi connectivity index (χ3v) is 8.94. The normalized spacial score (nSPS) is 16.2. The first-order valence-corrected chi connectivity index (χ1v) is 15.1. The number of aromatic nitrogens is 2. The molecular weight excluding hydrogens is 625 g/mol. The molecule has 45 heavy (non-hydrogen) atoms. The molecular formula is C29H30F5N5O5S. The summed E-state index contributed by atoms with van der Waals surface area (Å²) in [5, 5.41) is 9.69. The first kappa shape index (κ1) is 33.6. The summed E-state index contributed by atoms with van der Waals surface area (Å²) in [6.07, 6.45) is -5.09. The van der Waals surface area contributed by atoms with E-state index in [0.29, 0.717) is 18.0 Å². The number of nitrogens with two attached hydrogens (primary N) is 1. The molecule has 3 aromatic carbocycles. The van der Waals surface area contributed by atoms with Crippen molar-refractivity contribution >= 4 is 33.0 Å². The van der Waals surface area contributed by atoms with Crippen LogP contribution in [0.1, 0.15) is 24.5 Å². The van der Waals surface area contributed by atoms with Crippen LogP contribution in [0.15, 0.2) is 77.7 Å². The second-order valence-electron chi connectivity index (χ2n) is 9.97. The molecule has 10 nitrogen and oxygen atoms in total. The van der Waals surface area contributed by atoms with Crippen LogP contribution in [0, 0.1) is 0 Å². The number of nitrogens with zero attached hydrogens (tertiary/aromatic N) is 3. The Bertz CT molecular complexity index is 1680. The number of aromatic amines is 1. The Morgan fingerprint density at radius 2 is 1.67 bits per heavy atom. The van der Waals surface area contributed by atoms with Crippen molar-refractivity contribution in [1.82, 2.24) is 14.3 Å². The van der Waals surface area contributed by atoms with Crippen molar-refractivity contribution in [3.63, 3.8) is 0 Å². The molecule has 0 spiro atoms. The predicted molar refractivity (Wildman–Crippen MR) is 155 cm³/mol. The summed E-state index contributed by atoms with van der Waals surface area (Å²) in [5.41, 5.74) is 7.73. The van der Waals surface area contributed by atoms with Crippen molar-refractivity contribution in [2.75, 3.05) is 24.5 Å². The van der Waals surface area contributed by atoms with Crippen LogP contribution in [0.4, 0.5) is 27.9 Å². The molecule has 0 radical (unpaired) electrons. The number of rotatable bonds is 8. The minimum absolute atomic E-state index is 0.0622. The molecule has 4 aromatic rings. The fourth-order valence-electron chi connectivity index (χ4n) is 4.57. The number of ether oxygens (including phenoxy) is 1. The number of aliphatic carboxylic acids is 1. The van der Waals surface area contributed by atoms with Crippen LogP contribution in [-0.4, -0.2) is 65.8 Å². The number of alkyl halides is 5. The number of imidazole rings is 1. The Morgan fingerprint density at radius 1 is 1.02 bits per heavy atom. The predicted octanol–water partition coefficient (Wildman–Crippen LogP) is 5.07. The molecule has 1 aromatic heterocycles. The Hall–Kier alpha value is -4.28. The van der Waals surface area contributed by atoms with Crippen LogP contribution >= 0.6 is 0 Å². The van der Waals surface area contributed by atoms with E-state index >= 15 is 0 Å². The van der Waals surface area contributed by atoms with E-state index in [-0.39, 0.29) is 36.5 Å². The summed E-state index contributed by atoms with van der Waals surface area (Å²) in [6, 6.07) is 15.6. The maximum atomic E-state index is 13.1. The first-order chi connectivity index (χ1) is 21.1. The number of halogens is 5. The van der Waals surface area contributed by atoms with Crippen LogP contribution in [0.25, 0.3) is 11.0 Å². The lowest BCUT2D eigenvalue weighted by molar-refractivity contribution is -0.274. The number of hydrogen-bond donors (Lipinski definition) is 3. The molecule has 242 valence electrons. The minimum Gasteiger partial charge on any atom is -0.480 e. The Labute approximate surface area is 255 Å². The number of fused-ring (bicyclic) bond motifs is 1. The lowest BCUT2D eigenvalue weighted by Gasteiger charge is -2.38. The summed E-state index contributed by atoms with van der Waals surface area (Å²) in [7, 11) is -4.29. The number of para-hydroxylation sites is 2. The van der Waals surface area contributed by atoms with Crippen LogP contribution < -0.4 is 15.4 Å². The van der Waals surface area contributed by atoms with Crippen LogP contribution in [-0.2, 0) is 27.3 Å². The van der Waals surface area contributed by atoms with Gasteiger partial charge in [-0.1, -0.05) is 43.3 Å². The van der Waals surface area contributed by atoms with Crippen molar-refractivity contribution in [3.8, 4) is 5.75 Å². The average Bonchev–Trinajstić information content (AvgIpc) is 3.45. The van der Waals surface area contributed by atoms with E-state index in [1.54, 1.807) is 23.1 Å². The van der Waals surface area contributed by atoms with Crippen molar-refractivity contribution in [3.05, 3.63) is 83.9 Å². The molecule has 0 amide bonds. The van der Waals surface area contributed by atoms with Gasteiger partial charge in [0.15, 0.2) is 0 Å². The quantitative estimate of drug-likeness (QED) is 0.224. The molecule has 0 bridgehead atoms. The van der Waals surface area contributed by atoms with Crippen LogP contribution in [0.5, 0.6) is 5.75 Å². The molecule has 1 aliphatic heterocycles. The van der Waals surface area contributed by atoms with Crippen molar-refractivity contribution in [1.29, 1.82) is 0 Å². The van der Waals surface area contributed by atoms with Crippen LogP contribution in [0.2, 0.25) is 0 Å². The summed E-state index contributed by atoms with van der Waals surface area (Å²) in [4.78, 5) is 20.7. The second kappa shape index (κ2) is 13.4. The van der Waals surface area contributed by atoms with Gasteiger partial charge in [0, 0.05) is 38.2 Å².